The fraction of sp³-hybridized carbons (Fsp3) is 0.125. The summed E-state index contributed by atoms with van der Waals surface area (Å²) in [5.41, 5.74) is 6.19. The van der Waals surface area contributed by atoms with Crippen LogP contribution in [0.15, 0.2) is 78.9 Å². The Balaban J connectivity index is 1.97. The molecule has 0 aliphatic carbocycles. The van der Waals surface area contributed by atoms with Crippen molar-refractivity contribution in [2.45, 2.75) is 13.8 Å². The second-order valence-electron chi connectivity index (χ2n) is 6.99. The molecule has 0 bridgehead atoms. The van der Waals surface area contributed by atoms with Crippen LogP contribution in [0.1, 0.15) is 12.5 Å². The van der Waals surface area contributed by atoms with Gasteiger partial charge in [0.1, 0.15) is 0 Å². The van der Waals surface area contributed by atoms with Crippen molar-refractivity contribution in [3.63, 3.8) is 0 Å². The number of pyridine rings is 1. The van der Waals surface area contributed by atoms with Crippen LogP contribution in [0.2, 0.25) is 0 Å². The van der Waals surface area contributed by atoms with Crippen LogP contribution >= 0.6 is 0 Å². The van der Waals surface area contributed by atoms with Crippen LogP contribution in [0.3, 0.4) is 0 Å². The van der Waals surface area contributed by atoms with Crippen LogP contribution in [-0.2, 0) is 10.0 Å². The van der Waals surface area contributed by atoms with E-state index in [9.17, 15) is 8.42 Å². The van der Waals surface area contributed by atoms with Crippen LogP contribution < -0.4 is 4.72 Å². The van der Waals surface area contributed by atoms with Gasteiger partial charge in [-0.1, -0.05) is 60.7 Å². The van der Waals surface area contributed by atoms with Crippen molar-refractivity contribution >= 4 is 26.6 Å². The van der Waals surface area contributed by atoms with Crippen molar-refractivity contribution in [2.24, 2.45) is 0 Å². The molecule has 4 aromatic rings. The van der Waals surface area contributed by atoms with E-state index >= 15 is 0 Å². The lowest BCUT2D eigenvalue weighted by Crippen LogP contribution is -2.15. The van der Waals surface area contributed by atoms with Gasteiger partial charge in [0.25, 0.3) is 0 Å². The number of hydrogen-bond acceptors (Lipinski definition) is 3. The van der Waals surface area contributed by atoms with Gasteiger partial charge in [-0.15, -0.1) is 0 Å². The molecule has 1 heterocycles. The Morgan fingerprint density at radius 2 is 1.59 bits per heavy atom. The van der Waals surface area contributed by atoms with Gasteiger partial charge in [-0.25, -0.2) is 13.4 Å². The third-order valence-electron chi connectivity index (χ3n) is 4.90. The van der Waals surface area contributed by atoms with E-state index in [4.69, 9.17) is 4.98 Å². The van der Waals surface area contributed by atoms with Crippen molar-refractivity contribution in [1.29, 1.82) is 0 Å². The summed E-state index contributed by atoms with van der Waals surface area (Å²) < 4.78 is 27.0. The van der Waals surface area contributed by atoms with Gasteiger partial charge in [-0.3, -0.25) is 4.72 Å². The van der Waals surface area contributed by atoms with E-state index in [0.29, 0.717) is 5.69 Å². The summed E-state index contributed by atoms with van der Waals surface area (Å²) in [6.07, 6.45) is 0. The minimum atomic E-state index is -3.39. The summed E-state index contributed by atoms with van der Waals surface area (Å²) in [6, 6.07) is 25.8. The number of fused-ring (bicyclic) bond motifs is 1. The van der Waals surface area contributed by atoms with Gasteiger partial charge in [-0.05, 0) is 48.7 Å². The molecule has 0 aliphatic heterocycles. The van der Waals surface area contributed by atoms with E-state index in [1.807, 2.05) is 49.4 Å². The van der Waals surface area contributed by atoms with Gasteiger partial charge < -0.3 is 0 Å². The molecule has 0 saturated carbocycles. The van der Waals surface area contributed by atoms with E-state index in [1.54, 1.807) is 13.0 Å². The average Bonchev–Trinajstić information content (AvgIpc) is 2.73. The highest BCUT2D eigenvalue weighted by Gasteiger charge is 2.15. The maximum Gasteiger partial charge on any atom is 0.232 e. The SMILES string of the molecule is CCS(=O)(=O)Nc1ccccc1-c1cc(-c2ccccc2)c2ccc(C)cc2n1. The molecule has 0 fully saturated rings. The molecule has 3 aromatic carbocycles. The molecule has 0 spiro atoms. The number of nitrogens with one attached hydrogen (secondary N) is 1. The van der Waals surface area contributed by atoms with Crippen molar-refractivity contribution < 1.29 is 8.42 Å². The summed E-state index contributed by atoms with van der Waals surface area (Å²) >= 11 is 0. The van der Waals surface area contributed by atoms with Gasteiger partial charge in [0.15, 0.2) is 0 Å². The predicted octanol–water partition coefficient (Wildman–Crippen LogP) is 5.64. The van der Waals surface area contributed by atoms with Crippen LogP contribution in [-0.4, -0.2) is 19.2 Å². The summed E-state index contributed by atoms with van der Waals surface area (Å²) in [4.78, 5) is 4.87. The van der Waals surface area contributed by atoms with E-state index in [1.165, 1.54) is 0 Å². The quantitative estimate of drug-likeness (QED) is 0.470. The zero-order valence-electron chi connectivity index (χ0n) is 16.4. The zero-order valence-corrected chi connectivity index (χ0v) is 17.2. The lowest BCUT2D eigenvalue weighted by Gasteiger charge is -2.14. The van der Waals surface area contributed by atoms with Crippen molar-refractivity contribution in [1.82, 2.24) is 4.98 Å². The van der Waals surface area contributed by atoms with E-state index < -0.39 is 10.0 Å². The summed E-state index contributed by atoms with van der Waals surface area (Å²) in [5.74, 6) is 0.0148. The average molecular weight is 403 g/mol. The number of benzene rings is 3. The monoisotopic (exact) mass is 402 g/mol. The van der Waals surface area contributed by atoms with Crippen LogP contribution in [0.4, 0.5) is 5.69 Å². The third kappa shape index (κ3) is 4.00. The molecular formula is C24H22N2O2S. The van der Waals surface area contributed by atoms with Gasteiger partial charge in [0.05, 0.1) is 22.7 Å². The predicted molar refractivity (Wildman–Crippen MR) is 120 cm³/mol. The first-order chi connectivity index (χ1) is 14.0. The number of hydrogen-bond donors (Lipinski definition) is 1. The van der Waals surface area contributed by atoms with Crippen molar-refractivity contribution in [3.8, 4) is 22.4 Å². The Kier molecular flexibility index (Phi) is 5.07. The van der Waals surface area contributed by atoms with Gasteiger partial charge in [-0.2, -0.15) is 0 Å². The molecule has 0 unspecified atom stereocenters. The molecule has 4 rings (SSSR count). The highest BCUT2D eigenvalue weighted by atomic mass is 32.2. The number of sulfonamides is 1. The van der Waals surface area contributed by atoms with Gasteiger partial charge in [0.2, 0.25) is 10.0 Å². The lowest BCUT2D eigenvalue weighted by atomic mass is 9.97. The second-order valence-corrected chi connectivity index (χ2v) is 9.00. The number of nitrogens with zero attached hydrogens (tertiary/aromatic N) is 1. The smallest absolute Gasteiger partial charge is 0.232 e. The molecule has 146 valence electrons. The minimum absolute atomic E-state index is 0.0148. The standard InChI is InChI=1S/C24H22N2O2S/c1-3-29(27,28)26-22-12-8-7-11-20(22)24-16-21(18-9-5-4-6-10-18)19-14-13-17(2)15-23(19)25-24/h4-16,26H,3H2,1-2H3. The lowest BCUT2D eigenvalue weighted by molar-refractivity contribution is 0.602. The molecule has 1 N–H and O–H groups in total. The number of para-hydroxylation sites is 1. The second kappa shape index (κ2) is 7.68. The van der Waals surface area contributed by atoms with Crippen LogP contribution in [0.25, 0.3) is 33.3 Å². The van der Waals surface area contributed by atoms with Crippen LogP contribution in [0.5, 0.6) is 0 Å². The topological polar surface area (TPSA) is 59.1 Å². The number of rotatable bonds is 5. The molecule has 0 saturated heterocycles. The molecule has 4 nitrogen and oxygen atoms in total. The summed E-state index contributed by atoms with van der Waals surface area (Å²) in [6.45, 7) is 3.66. The number of aryl methyl sites for hydroxylation is 1. The first-order valence-corrected chi connectivity index (χ1v) is 11.2. The Hall–Kier alpha value is -3.18. The molecule has 0 amide bonds. The maximum atomic E-state index is 12.2. The van der Waals surface area contributed by atoms with E-state index in [0.717, 1.165) is 38.9 Å². The zero-order chi connectivity index (χ0) is 20.4. The highest BCUT2D eigenvalue weighted by Crippen LogP contribution is 2.35. The Bertz CT molecular complexity index is 1280. The molecule has 0 atom stereocenters. The number of aromatic nitrogens is 1. The van der Waals surface area contributed by atoms with E-state index in [-0.39, 0.29) is 5.75 Å². The third-order valence-corrected chi connectivity index (χ3v) is 6.19. The van der Waals surface area contributed by atoms with Crippen molar-refractivity contribution in [2.75, 3.05) is 10.5 Å². The minimum Gasteiger partial charge on any atom is -0.283 e. The molecular weight excluding hydrogens is 380 g/mol. The Morgan fingerprint density at radius 1 is 0.862 bits per heavy atom. The van der Waals surface area contributed by atoms with Gasteiger partial charge >= 0.3 is 0 Å². The Morgan fingerprint density at radius 3 is 2.34 bits per heavy atom. The van der Waals surface area contributed by atoms with E-state index in [2.05, 4.69) is 35.1 Å². The normalized spacial score (nSPS) is 11.5. The Labute approximate surface area is 171 Å². The molecule has 0 aliphatic rings. The molecule has 1 aromatic heterocycles. The maximum absolute atomic E-state index is 12.2. The summed E-state index contributed by atoms with van der Waals surface area (Å²) in [5, 5.41) is 1.07. The van der Waals surface area contributed by atoms with Gasteiger partial charge in [0, 0.05) is 10.9 Å². The first-order valence-electron chi connectivity index (χ1n) is 9.53. The fourth-order valence-electron chi connectivity index (χ4n) is 3.37. The number of anilines is 1. The largest absolute Gasteiger partial charge is 0.283 e. The molecule has 0 radical (unpaired) electrons. The highest BCUT2D eigenvalue weighted by molar-refractivity contribution is 7.92. The molecule has 29 heavy (non-hydrogen) atoms. The summed E-state index contributed by atoms with van der Waals surface area (Å²) in [7, 11) is -3.39. The first kappa shape index (κ1) is 19.2. The fourth-order valence-corrected chi connectivity index (χ4v) is 4.03. The molecule has 5 heteroatoms. The van der Waals surface area contributed by atoms with Crippen LogP contribution in [0, 0.1) is 6.92 Å². The van der Waals surface area contributed by atoms with Crippen molar-refractivity contribution in [3.05, 3.63) is 84.4 Å².